The first-order valence-electron chi connectivity index (χ1n) is 7.36. The minimum atomic E-state index is 0.806. The number of halogens is 1. The Morgan fingerprint density at radius 1 is 1.10 bits per heavy atom. The Bertz CT molecular complexity index is 578. The molecule has 0 saturated heterocycles. The quantitative estimate of drug-likeness (QED) is 0.851. The van der Waals surface area contributed by atoms with Crippen molar-refractivity contribution in [2.45, 2.75) is 26.9 Å². The Labute approximate surface area is 132 Å². The van der Waals surface area contributed by atoms with Gasteiger partial charge in [0.15, 0.2) is 0 Å². The predicted octanol–water partition coefficient (Wildman–Crippen LogP) is 4.39. The van der Waals surface area contributed by atoms with Crippen molar-refractivity contribution in [3.63, 3.8) is 0 Å². The monoisotopic (exact) mass is 302 g/mol. The number of aryl methyl sites for hydroxylation is 1. The van der Waals surface area contributed by atoms with Crippen molar-refractivity contribution in [2.75, 3.05) is 18.5 Å². The molecule has 0 radical (unpaired) electrons. The Kier molecular flexibility index (Phi) is 5.66. The van der Waals surface area contributed by atoms with E-state index in [1.807, 2.05) is 12.1 Å². The Morgan fingerprint density at radius 3 is 2.48 bits per heavy atom. The van der Waals surface area contributed by atoms with Gasteiger partial charge in [-0.2, -0.15) is 0 Å². The Balaban J connectivity index is 2.21. The molecule has 0 heterocycles. The highest BCUT2D eigenvalue weighted by Crippen LogP contribution is 2.30. The number of benzene rings is 2. The fourth-order valence-electron chi connectivity index (χ4n) is 2.44. The van der Waals surface area contributed by atoms with Crippen molar-refractivity contribution in [3.05, 3.63) is 64.2 Å². The smallest absolute Gasteiger partial charge is 0.0642 e. The van der Waals surface area contributed by atoms with E-state index < -0.39 is 0 Å². The van der Waals surface area contributed by atoms with Crippen LogP contribution in [0.3, 0.4) is 0 Å². The van der Waals surface area contributed by atoms with E-state index in [0.29, 0.717) is 0 Å². The summed E-state index contributed by atoms with van der Waals surface area (Å²) in [5, 5.41) is 4.18. The van der Waals surface area contributed by atoms with Gasteiger partial charge in [-0.05, 0) is 30.7 Å². The van der Waals surface area contributed by atoms with E-state index in [1.54, 1.807) is 0 Å². The van der Waals surface area contributed by atoms with Gasteiger partial charge in [0.1, 0.15) is 0 Å². The van der Waals surface area contributed by atoms with Gasteiger partial charge in [-0.1, -0.05) is 60.5 Å². The molecule has 0 spiro atoms. The lowest BCUT2D eigenvalue weighted by molar-refractivity contribution is 0.723. The summed E-state index contributed by atoms with van der Waals surface area (Å²) >= 11 is 6.43. The molecule has 0 unspecified atom stereocenters. The number of para-hydroxylation sites is 1. The zero-order chi connectivity index (χ0) is 15.2. The van der Waals surface area contributed by atoms with E-state index in [0.717, 1.165) is 30.3 Å². The summed E-state index contributed by atoms with van der Waals surface area (Å²) in [6.07, 6.45) is 0. The van der Waals surface area contributed by atoms with Crippen molar-refractivity contribution in [1.82, 2.24) is 5.32 Å². The summed E-state index contributed by atoms with van der Waals surface area (Å²) in [4.78, 5) is 2.22. The van der Waals surface area contributed by atoms with Crippen LogP contribution in [0.4, 0.5) is 5.69 Å². The van der Waals surface area contributed by atoms with Crippen molar-refractivity contribution >= 4 is 17.3 Å². The molecule has 21 heavy (non-hydrogen) atoms. The molecule has 2 aromatic carbocycles. The first-order valence-corrected chi connectivity index (χ1v) is 7.74. The van der Waals surface area contributed by atoms with E-state index in [4.69, 9.17) is 11.6 Å². The zero-order valence-corrected chi connectivity index (χ0v) is 13.7. The summed E-state index contributed by atoms with van der Waals surface area (Å²) in [5.74, 6) is 0. The van der Waals surface area contributed by atoms with Gasteiger partial charge in [-0.3, -0.25) is 0 Å². The number of nitrogens with one attached hydrogen (secondary N) is 1. The molecule has 2 rings (SSSR count). The summed E-state index contributed by atoms with van der Waals surface area (Å²) in [5.41, 5.74) is 4.92. The van der Waals surface area contributed by atoms with Crippen molar-refractivity contribution in [2.24, 2.45) is 0 Å². The molecule has 112 valence electrons. The number of anilines is 1. The van der Waals surface area contributed by atoms with Crippen LogP contribution < -0.4 is 10.2 Å². The normalized spacial score (nSPS) is 10.7. The van der Waals surface area contributed by atoms with Gasteiger partial charge in [0, 0.05) is 20.1 Å². The largest absolute Gasteiger partial charge is 0.369 e. The highest BCUT2D eigenvalue weighted by atomic mass is 35.5. The number of nitrogens with zero attached hydrogens (tertiary/aromatic N) is 1. The lowest BCUT2D eigenvalue weighted by Crippen LogP contribution is -2.21. The van der Waals surface area contributed by atoms with Crippen LogP contribution >= 0.6 is 11.6 Å². The topological polar surface area (TPSA) is 15.3 Å². The van der Waals surface area contributed by atoms with E-state index in [-0.39, 0.29) is 0 Å². The van der Waals surface area contributed by atoms with Gasteiger partial charge in [0.05, 0.1) is 10.7 Å². The molecule has 0 aliphatic carbocycles. The van der Waals surface area contributed by atoms with Crippen LogP contribution in [0.1, 0.15) is 23.6 Å². The molecule has 0 atom stereocenters. The second-order valence-electron chi connectivity index (χ2n) is 5.37. The van der Waals surface area contributed by atoms with Crippen LogP contribution in [0.5, 0.6) is 0 Å². The third kappa shape index (κ3) is 4.23. The van der Waals surface area contributed by atoms with Gasteiger partial charge < -0.3 is 10.2 Å². The van der Waals surface area contributed by atoms with Gasteiger partial charge in [0.2, 0.25) is 0 Å². The lowest BCUT2D eigenvalue weighted by Gasteiger charge is -2.24. The van der Waals surface area contributed by atoms with Crippen LogP contribution in [-0.2, 0) is 13.1 Å². The summed E-state index contributed by atoms with van der Waals surface area (Å²) < 4.78 is 0. The average Bonchev–Trinajstić information content (AvgIpc) is 2.47. The zero-order valence-electron chi connectivity index (χ0n) is 13.0. The maximum atomic E-state index is 6.43. The second-order valence-corrected chi connectivity index (χ2v) is 5.78. The fraction of sp³-hybridized carbons (Fsp3) is 0.333. The fourth-order valence-corrected chi connectivity index (χ4v) is 2.77. The van der Waals surface area contributed by atoms with Crippen LogP contribution in [0.2, 0.25) is 5.02 Å². The molecular weight excluding hydrogens is 280 g/mol. The molecule has 2 aromatic rings. The molecule has 0 aliphatic heterocycles. The van der Waals surface area contributed by atoms with Crippen LogP contribution in [0, 0.1) is 6.92 Å². The SMILES string of the molecule is CCNCc1cccc(Cl)c1N(C)Cc1ccc(C)cc1. The first kappa shape index (κ1) is 15.9. The maximum Gasteiger partial charge on any atom is 0.0642 e. The standard InChI is InChI=1S/C18H23ClN2/c1-4-20-12-16-6-5-7-17(19)18(16)21(3)13-15-10-8-14(2)9-11-15/h5-11,20H,4,12-13H2,1-3H3. The Morgan fingerprint density at radius 2 is 1.81 bits per heavy atom. The minimum Gasteiger partial charge on any atom is -0.369 e. The van der Waals surface area contributed by atoms with E-state index in [9.17, 15) is 0 Å². The van der Waals surface area contributed by atoms with Crippen LogP contribution in [0.25, 0.3) is 0 Å². The van der Waals surface area contributed by atoms with E-state index >= 15 is 0 Å². The van der Waals surface area contributed by atoms with E-state index in [2.05, 4.69) is 61.4 Å². The number of rotatable bonds is 6. The van der Waals surface area contributed by atoms with Crippen molar-refractivity contribution < 1.29 is 0 Å². The third-order valence-electron chi connectivity index (χ3n) is 3.56. The molecule has 3 heteroatoms. The van der Waals surface area contributed by atoms with Crippen molar-refractivity contribution in [3.8, 4) is 0 Å². The molecule has 0 bridgehead atoms. The van der Waals surface area contributed by atoms with Gasteiger partial charge in [-0.15, -0.1) is 0 Å². The van der Waals surface area contributed by atoms with Gasteiger partial charge >= 0.3 is 0 Å². The number of hydrogen-bond donors (Lipinski definition) is 1. The maximum absolute atomic E-state index is 6.43. The molecule has 0 amide bonds. The summed E-state index contributed by atoms with van der Waals surface area (Å²) in [7, 11) is 2.09. The second kappa shape index (κ2) is 7.48. The minimum absolute atomic E-state index is 0.806. The molecular formula is C18H23ClN2. The summed E-state index contributed by atoms with van der Waals surface area (Å²) in [6, 6.07) is 14.7. The number of hydrogen-bond acceptors (Lipinski definition) is 2. The van der Waals surface area contributed by atoms with Gasteiger partial charge in [0.25, 0.3) is 0 Å². The van der Waals surface area contributed by atoms with Crippen LogP contribution in [0.15, 0.2) is 42.5 Å². The third-order valence-corrected chi connectivity index (χ3v) is 3.86. The van der Waals surface area contributed by atoms with E-state index in [1.165, 1.54) is 16.7 Å². The van der Waals surface area contributed by atoms with Crippen molar-refractivity contribution in [1.29, 1.82) is 0 Å². The predicted molar refractivity (Wildman–Crippen MR) is 92.1 cm³/mol. The average molecular weight is 303 g/mol. The first-order chi connectivity index (χ1) is 10.1. The highest BCUT2D eigenvalue weighted by molar-refractivity contribution is 6.33. The molecule has 1 N–H and O–H groups in total. The Hall–Kier alpha value is -1.51. The van der Waals surface area contributed by atoms with Gasteiger partial charge in [-0.25, -0.2) is 0 Å². The van der Waals surface area contributed by atoms with Crippen LogP contribution in [-0.4, -0.2) is 13.6 Å². The molecule has 0 saturated carbocycles. The molecule has 0 aliphatic rings. The highest BCUT2D eigenvalue weighted by Gasteiger charge is 2.11. The summed E-state index contributed by atoms with van der Waals surface area (Å²) in [6.45, 7) is 6.86. The molecule has 0 fully saturated rings. The lowest BCUT2D eigenvalue weighted by atomic mass is 10.1. The molecule has 0 aromatic heterocycles. The molecule has 2 nitrogen and oxygen atoms in total.